The predicted octanol–water partition coefficient (Wildman–Crippen LogP) is 1.64. The number of nitrogens with zero attached hydrogens (tertiary/aromatic N) is 1. The first kappa shape index (κ1) is 13.8. The number of rotatable bonds is 3. The second-order valence-corrected chi connectivity index (χ2v) is 5.09. The maximum absolute atomic E-state index is 13.6. The molecule has 3 N–H and O–H groups in total. The number of primary amides is 1. The summed E-state index contributed by atoms with van der Waals surface area (Å²) in [5, 5.41) is 9.80. The average molecular weight is 266 g/mol. The third kappa shape index (κ3) is 2.56. The third-order valence-electron chi connectivity index (χ3n) is 3.65. The van der Waals surface area contributed by atoms with E-state index in [0.29, 0.717) is 29.8 Å². The molecule has 1 unspecified atom stereocenters. The first-order valence-corrected chi connectivity index (χ1v) is 6.46. The summed E-state index contributed by atoms with van der Waals surface area (Å²) in [6.07, 6.45) is 0.771. The molecule has 1 fully saturated rings. The highest BCUT2D eigenvalue weighted by Crippen LogP contribution is 2.33. The van der Waals surface area contributed by atoms with E-state index >= 15 is 0 Å². The van der Waals surface area contributed by atoms with Gasteiger partial charge < -0.3 is 15.7 Å². The van der Waals surface area contributed by atoms with E-state index in [4.69, 9.17) is 5.73 Å². The molecule has 104 valence electrons. The van der Waals surface area contributed by atoms with Gasteiger partial charge in [-0.15, -0.1) is 0 Å². The molecule has 1 saturated heterocycles. The number of hydrogen-bond donors (Lipinski definition) is 2. The maximum Gasteiger partial charge on any atom is 0.240 e. The lowest BCUT2D eigenvalue weighted by Gasteiger charge is -2.28. The quantitative estimate of drug-likeness (QED) is 0.874. The highest BCUT2D eigenvalue weighted by molar-refractivity contribution is 5.84. The van der Waals surface area contributed by atoms with Crippen molar-refractivity contribution in [2.24, 2.45) is 5.73 Å². The number of anilines is 1. The lowest BCUT2D eigenvalue weighted by Crippen LogP contribution is -2.40. The van der Waals surface area contributed by atoms with Crippen molar-refractivity contribution in [2.45, 2.75) is 38.8 Å². The van der Waals surface area contributed by atoms with Crippen molar-refractivity contribution in [1.82, 2.24) is 0 Å². The fourth-order valence-electron chi connectivity index (χ4n) is 2.62. The van der Waals surface area contributed by atoms with Crippen molar-refractivity contribution in [3.8, 4) is 0 Å². The summed E-state index contributed by atoms with van der Waals surface area (Å²) in [6.45, 7) is 3.95. The Morgan fingerprint density at radius 2 is 2.26 bits per heavy atom. The number of benzene rings is 1. The van der Waals surface area contributed by atoms with Crippen LogP contribution in [0.15, 0.2) is 12.1 Å². The summed E-state index contributed by atoms with van der Waals surface area (Å²) in [6, 6.07) is 2.65. The first-order valence-electron chi connectivity index (χ1n) is 6.46. The van der Waals surface area contributed by atoms with Crippen molar-refractivity contribution in [2.75, 3.05) is 11.4 Å². The van der Waals surface area contributed by atoms with E-state index in [1.807, 2.05) is 4.90 Å². The number of carbonyl (C=O) groups excluding carboxylic acids is 1. The number of nitrogens with two attached hydrogens (primary N) is 1. The van der Waals surface area contributed by atoms with Gasteiger partial charge in [0.15, 0.2) is 0 Å². The largest absolute Gasteiger partial charge is 0.389 e. The van der Waals surface area contributed by atoms with Gasteiger partial charge in [-0.25, -0.2) is 4.39 Å². The molecule has 0 bridgehead atoms. The Balaban J connectivity index is 2.48. The molecular weight excluding hydrogens is 247 g/mol. The molecule has 1 amide bonds. The SMILES string of the molecule is Cc1cc(N2CCCC2C(N)=O)c([C@H](C)O)cc1F. The minimum absolute atomic E-state index is 0.352. The van der Waals surface area contributed by atoms with E-state index in [0.717, 1.165) is 6.42 Å². The number of carbonyl (C=O) groups is 1. The van der Waals surface area contributed by atoms with Crippen LogP contribution in [0.25, 0.3) is 0 Å². The average Bonchev–Trinajstić information content (AvgIpc) is 2.80. The van der Waals surface area contributed by atoms with Crippen molar-refractivity contribution < 1.29 is 14.3 Å². The Labute approximate surface area is 112 Å². The Morgan fingerprint density at radius 1 is 1.58 bits per heavy atom. The second-order valence-electron chi connectivity index (χ2n) is 5.09. The normalized spacial score (nSPS) is 20.6. The zero-order valence-corrected chi connectivity index (χ0v) is 11.2. The minimum Gasteiger partial charge on any atom is -0.389 e. The third-order valence-corrected chi connectivity index (χ3v) is 3.65. The molecule has 5 heteroatoms. The lowest BCUT2D eigenvalue weighted by molar-refractivity contribution is -0.119. The van der Waals surface area contributed by atoms with Crippen LogP contribution in [0, 0.1) is 12.7 Å². The van der Waals surface area contributed by atoms with Crippen LogP contribution < -0.4 is 10.6 Å². The minimum atomic E-state index is -0.792. The van der Waals surface area contributed by atoms with E-state index in [9.17, 15) is 14.3 Å². The van der Waals surface area contributed by atoms with E-state index in [1.54, 1.807) is 19.9 Å². The van der Waals surface area contributed by atoms with Crippen LogP contribution in [0.5, 0.6) is 0 Å². The lowest BCUT2D eigenvalue weighted by atomic mass is 10.0. The van der Waals surface area contributed by atoms with E-state index in [1.165, 1.54) is 6.07 Å². The predicted molar refractivity (Wildman–Crippen MR) is 71.3 cm³/mol. The van der Waals surface area contributed by atoms with E-state index in [-0.39, 0.29) is 17.8 Å². The number of amides is 1. The highest BCUT2D eigenvalue weighted by atomic mass is 19.1. The molecule has 2 atom stereocenters. The van der Waals surface area contributed by atoms with Crippen LogP contribution in [0.1, 0.15) is 37.0 Å². The van der Waals surface area contributed by atoms with Gasteiger partial charge in [0.2, 0.25) is 5.91 Å². The molecular formula is C14H19FN2O2. The van der Waals surface area contributed by atoms with E-state index < -0.39 is 6.10 Å². The summed E-state index contributed by atoms with van der Waals surface area (Å²) in [7, 11) is 0. The first-order chi connectivity index (χ1) is 8.91. The van der Waals surface area contributed by atoms with Crippen molar-refractivity contribution in [1.29, 1.82) is 0 Å². The summed E-state index contributed by atoms with van der Waals surface area (Å²) >= 11 is 0. The molecule has 1 aliphatic heterocycles. The van der Waals surface area contributed by atoms with Gasteiger partial charge in [-0.05, 0) is 44.4 Å². The monoisotopic (exact) mass is 266 g/mol. The van der Waals surface area contributed by atoms with Crippen LogP contribution in [0.3, 0.4) is 0 Å². The van der Waals surface area contributed by atoms with Crippen molar-refractivity contribution in [3.05, 3.63) is 29.1 Å². The van der Waals surface area contributed by atoms with Gasteiger partial charge in [0.05, 0.1) is 6.10 Å². The Bertz CT molecular complexity index is 502. The highest BCUT2D eigenvalue weighted by Gasteiger charge is 2.31. The van der Waals surface area contributed by atoms with Crippen molar-refractivity contribution in [3.63, 3.8) is 0 Å². The van der Waals surface area contributed by atoms with Gasteiger partial charge >= 0.3 is 0 Å². The van der Waals surface area contributed by atoms with Gasteiger partial charge in [-0.3, -0.25) is 4.79 Å². The van der Waals surface area contributed by atoms with Gasteiger partial charge in [0.1, 0.15) is 11.9 Å². The number of hydrogen-bond acceptors (Lipinski definition) is 3. The van der Waals surface area contributed by atoms with Crippen LogP contribution in [0.2, 0.25) is 0 Å². The number of aliphatic hydroxyl groups excluding tert-OH is 1. The Kier molecular flexibility index (Phi) is 3.75. The number of aryl methyl sites for hydroxylation is 1. The summed E-state index contributed by atoms with van der Waals surface area (Å²) in [5.41, 5.74) is 7.10. The zero-order chi connectivity index (χ0) is 14.2. The van der Waals surface area contributed by atoms with Gasteiger partial charge in [-0.2, -0.15) is 0 Å². The number of halogens is 1. The van der Waals surface area contributed by atoms with Crippen LogP contribution in [0.4, 0.5) is 10.1 Å². The topological polar surface area (TPSA) is 66.6 Å². The molecule has 4 nitrogen and oxygen atoms in total. The van der Waals surface area contributed by atoms with Gasteiger partial charge in [-0.1, -0.05) is 0 Å². The zero-order valence-electron chi connectivity index (χ0n) is 11.2. The molecule has 1 aliphatic rings. The molecule has 0 aliphatic carbocycles. The smallest absolute Gasteiger partial charge is 0.240 e. The molecule has 1 aromatic rings. The molecule has 1 heterocycles. The maximum atomic E-state index is 13.6. The Morgan fingerprint density at radius 3 is 2.84 bits per heavy atom. The molecule has 0 aromatic heterocycles. The number of aliphatic hydroxyl groups is 1. The van der Waals surface area contributed by atoms with Crippen LogP contribution in [-0.2, 0) is 4.79 Å². The summed E-state index contributed by atoms with van der Waals surface area (Å²) < 4.78 is 13.6. The molecule has 2 rings (SSSR count). The fraction of sp³-hybridized carbons (Fsp3) is 0.500. The molecule has 0 spiro atoms. The Hall–Kier alpha value is -1.62. The van der Waals surface area contributed by atoms with E-state index in [2.05, 4.69) is 0 Å². The van der Waals surface area contributed by atoms with Crippen LogP contribution >= 0.6 is 0 Å². The molecule has 0 saturated carbocycles. The summed E-state index contributed by atoms with van der Waals surface area (Å²) in [5.74, 6) is -0.731. The van der Waals surface area contributed by atoms with Gasteiger partial charge in [0.25, 0.3) is 0 Å². The molecule has 1 aromatic carbocycles. The van der Waals surface area contributed by atoms with Gasteiger partial charge in [0, 0.05) is 17.8 Å². The van der Waals surface area contributed by atoms with Crippen LogP contribution in [-0.4, -0.2) is 23.6 Å². The molecule has 19 heavy (non-hydrogen) atoms. The molecule has 0 radical (unpaired) electrons. The summed E-state index contributed by atoms with van der Waals surface area (Å²) in [4.78, 5) is 13.3. The second kappa shape index (κ2) is 5.17. The fourth-order valence-corrected chi connectivity index (χ4v) is 2.62. The standard InChI is InChI=1S/C14H19FN2O2/c1-8-6-13(10(9(2)18)7-11(8)15)17-5-3-4-12(17)14(16)19/h6-7,9,12,18H,3-5H2,1-2H3,(H2,16,19)/t9-,12?/m0/s1. The van der Waals surface area contributed by atoms with Crippen molar-refractivity contribution >= 4 is 11.6 Å².